The first-order chi connectivity index (χ1) is 11.2. The second-order valence-corrected chi connectivity index (χ2v) is 8.07. The highest BCUT2D eigenvalue weighted by Crippen LogP contribution is 2.54. The lowest BCUT2D eigenvalue weighted by Crippen LogP contribution is -2.54. The molecule has 0 heterocycles. The smallest absolute Gasteiger partial charge is 0.316 e. The third-order valence-electron chi connectivity index (χ3n) is 5.19. The van der Waals surface area contributed by atoms with Gasteiger partial charge in [-0.2, -0.15) is 0 Å². The van der Waals surface area contributed by atoms with Crippen LogP contribution in [0.5, 0.6) is 5.75 Å². The zero-order valence-electron chi connectivity index (χ0n) is 15.0. The van der Waals surface area contributed by atoms with Crippen molar-refractivity contribution in [1.29, 1.82) is 0 Å². The van der Waals surface area contributed by atoms with Gasteiger partial charge < -0.3 is 15.2 Å². The lowest BCUT2D eigenvalue weighted by Gasteiger charge is -2.49. The highest BCUT2D eigenvalue weighted by molar-refractivity contribution is 5.88. The van der Waals surface area contributed by atoms with Crippen molar-refractivity contribution in [2.24, 2.45) is 11.1 Å². The van der Waals surface area contributed by atoms with Gasteiger partial charge in [-0.25, -0.2) is 0 Å². The van der Waals surface area contributed by atoms with Gasteiger partial charge in [0.05, 0.1) is 12.5 Å². The average molecular weight is 329 g/mol. The molecule has 3 aliphatic rings. The van der Waals surface area contributed by atoms with Crippen LogP contribution in [0.3, 0.4) is 0 Å². The number of nitrogens with two attached hydrogens (primary N) is 1. The van der Waals surface area contributed by atoms with E-state index in [1.165, 1.54) is 0 Å². The Kier molecular flexibility index (Phi) is 3.99. The molecule has 4 rings (SSSR count). The van der Waals surface area contributed by atoms with Crippen molar-refractivity contribution in [1.82, 2.24) is 0 Å². The Morgan fingerprint density at radius 1 is 1.12 bits per heavy atom. The van der Waals surface area contributed by atoms with Gasteiger partial charge in [0.15, 0.2) is 0 Å². The van der Waals surface area contributed by atoms with E-state index in [1.54, 1.807) is 7.11 Å². The van der Waals surface area contributed by atoms with Crippen molar-refractivity contribution < 1.29 is 14.3 Å². The minimum atomic E-state index is -0.565. The van der Waals surface area contributed by atoms with Gasteiger partial charge in [0.25, 0.3) is 0 Å². The number of hydrogen-bond donors (Lipinski definition) is 1. The minimum absolute atomic E-state index is 0.135. The van der Waals surface area contributed by atoms with Crippen molar-refractivity contribution in [3.63, 3.8) is 0 Å². The highest BCUT2D eigenvalue weighted by Gasteiger charge is 2.53. The van der Waals surface area contributed by atoms with Gasteiger partial charge >= 0.3 is 5.97 Å². The van der Waals surface area contributed by atoms with Crippen LogP contribution in [0, 0.1) is 5.41 Å². The fraction of sp³-hybridized carbons (Fsp3) is 0.550. The van der Waals surface area contributed by atoms with E-state index in [-0.39, 0.29) is 5.97 Å². The van der Waals surface area contributed by atoms with Crippen molar-refractivity contribution in [3.8, 4) is 5.75 Å². The summed E-state index contributed by atoms with van der Waals surface area (Å²) in [6, 6.07) is 7.87. The van der Waals surface area contributed by atoms with Crippen LogP contribution in [-0.2, 0) is 9.53 Å². The summed E-state index contributed by atoms with van der Waals surface area (Å²) in [4.78, 5) is 12.9. The monoisotopic (exact) mass is 329 g/mol. The van der Waals surface area contributed by atoms with Crippen molar-refractivity contribution in [2.75, 3.05) is 7.11 Å². The molecule has 3 aliphatic carbocycles. The Bertz CT molecular complexity index is 676. The Balaban J connectivity index is 2.06. The van der Waals surface area contributed by atoms with Crippen LogP contribution in [0.1, 0.15) is 52.0 Å². The number of ether oxygens (including phenoxy) is 2. The van der Waals surface area contributed by atoms with Crippen molar-refractivity contribution in [2.45, 2.75) is 57.6 Å². The average Bonchev–Trinajstić information content (AvgIpc) is 2.53. The molecular formula is C20H27NO3. The second-order valence-electron chi connectivity index (χ2n) is 8.07. The molecule has 2 bridgehead atoms. The van der Waals surface area contributed by atoms with Gasteiger partial charge in [-0.1, -0.05) is 24.3 Å². The molecule has 4 heteroatoms. The molecule has 0 aromatic heterocycles. The zero-order chi connectivity index (χ0) is 17.6. The summed E-state index contributed by atoms with van der Waals surface area (Å²) in [6.45, 7) is 5.72. The Hall–Kier alpha value is -1.81. The molecule has 0 saturated heterocycles. The zero-order valence-corrected chi connectivity index (χ0v) is 15.0. The molecule has 0 radical (unpaired) electrons. The molecule has 2 N–H and O–H groups in total. The Morgan fingerprint density at radius 3 is 2.33 bits per heavy atom. The molecule has 0 aliphatic heterocycles. The van der Waals surface area contributed by atoms with Gasteiger partial charge in [-0.3, -0.25) is 4.79 Å². The van der Waals surface area contributed by atoms with Crippen molar-refractivity contribution in [3.05, 3.63) is 35.9 Å². The Morgan fingerprint density at radius 2 is 1.75 bits per heavy atom. The van der Waals surface area contributed by atoms with Crippen LogP contribution in [-0.4, -0.2) is 24.2 Å². The van der Waals surface area contributed by atoms with E-state index < -0.39 is 16.6 Å². The van der Waals surface area contributed by atoms with Crippen molar-refractivity contribution >= 4 is 11.5 Å². The fourth-order valence-electron chi connectivity index (χ4n) is 3.83. The summed E-state index contributed by atoms with van der Waals surface area (Å²) in [5.74, 6) is 0.657. The predicted octanol–water partition coefficient (Wildman–Crippen LogP) is 3.69. The van der Waals surface area contributed by atoms with E-state index in [0.29, 0.717) is 0 Å². The van der Waals surface area contributed by atoms with Crippen LogP contribution in [0.2, 0.25) is 0 Å². The third kappa shape index (κ3) is 2.84. The number of esters is 1. The summed E-state index contributed by atoms with van der Waals surface area (Å²) in [6.07, 6.45) is 5.13. The first kappa shape index (κ1) is 17.0. The molecule has 0 atom stereocenters. The number of rotatable bonds is 3. The number of fused-ring (bicyclic) bond motifs is 2. The molecule has 0 spiro atoms. The molecule has 0 unspecified atom stereocenters. The number of methoxy groups -OCH3 is 1. The maximum absolute atomic E-state index is 12.9. The van der Waals surface area contributed by atoms with Crippen LogP contribution >= 0.6 is 0 Å². The van der Waals surface area contributed by atoms with E-state index in [0.717, 1.165) is 42.6 Å². The molecule has 1 aromatic carbocycles. The predicted molar refractivity (Wildman–Crippen MR) is 94.6 cm³/mol. The molecule has 1 fully saturated rings. The lowest BCUT2D eigenvalue weighted by atomic mass is 9.57. The topological polar surface area (TPSA) is 61.5 Å². The van der Waals surface area contributed by atoms with Gasteiger partial charge in [0, 0.05) is 11.1 Å². The fourth-order valence-corrected chi connectivity index (χ4v) is 3.83. The summed E-state index contributed by atoms with van der Waals surface area (Å²) >= 11 is 0. The SMILES string of the molecule is COc1ccccc1C1=CC2(C(=O)OC(C)(C)C)CCC1(N)CC2. The van der Waals surface area contributed by atoms with Crippen LogP contribution in [0.25, 0.3) is 5.57 Å². The molecule has 0 amide bonds. The minimum Gasteiger partial charge on any atom is -0.496 e. The van der Waals surface area contributed by atoms with Gasteiger partial charge in [0.2, 0.25) is 0 Å². The van der Waals surface area contributed by atoms with Gasteiger partial charge in [-0.15, -0.1) is 0 Å². The quantitative estimate of drug-likeness (QED) is 0.859. The van der Waals surface area contributed by atoms with E-state index in [2.05, 4.69) is 6.08 Å². The van der Waals surface area contributed by atoms with E-state index in [9.17, 15) is 4.79 Å². The highest BCUT2D eigenvalue weighted by atomic mass is 16.6. The molecular weight excluding hydrogens is 302 g/mol. The summed E-state index contributed by atoms with van der Waals surface area (Å²) in [5.41, 5.74) is 7.26. The number of carbonyl (C=O) groups is 1. The normalized spacial score (nSPS) is 29.1. The third-order valence-corrected chi connectivity index (χ3v) is 5.19. The standard InChI is InChI=1S/C20H27NO3/c1-18(2,3)24-17(22)19-9-11-20(21,12-10-19)15(13-19)14-7-5-6-8-16(14)23-4/h5-8,13H,9-12,21H2,1-4H3. The Labute approximate surface area is 144 Å². The summed E-state index contributed by atoms with van der Waals surface area (Å²) in [7, 11) is 1.66. The van der Waals surface area contributed by atoms with E-state index >= 15 is 0 Å². The first-order valence-corrected chi connectivity index (χ1v) is 8.58. The maximum atomic E-state index is 12.9. The van der Waals surface area contributed by atoms with Gasteiger partial charge in [-0.05, 0) is 58.1 Å². The molecule has 24 heavy (non-hydrogen) atoms. The van der Waals surface area contributed by atoms with E-state index in [4.69, 9.17) is 15.2 Å². The largest absolute Gasteiger partial charge is 0.496 e. The maximum Gasteiger partial charge on any atom is 0.316 e. The van der Waals surface area contributed by atoms with Crippen LogP contribution in [0.4, 0.5) is 0 Å². The van der Waals surface area contributed by atoms with E-state index in [1.807, 2.05) is 45.0 Å². The molecule has 1 aromatic rings. The number of para-hydroxylation sites is 1. The molecule has 130 valence electrons. The van der Waals surface area contributed by atoms with Gasteiger partial charge in [0.1, 0.15) is 11.4 Å². The summed E-state index contributed by atoms with van der Waals surface area (Å²) < 4.78 is 11.2. The number of hydrogen-bond acceptors (Lipinski definition) is 4. The lowest BCUT2D eigenvalue weighted by molar-refractivity contribution is -0.167. The van der Waals surface area contributed by atoms with Crippen LogP contribution in [0.15, 0.2) is 30.3 Å². The second kappa shape index (κ2) is 5.62. The van der Waals surface area contributed by atoms with Crippen LogP contribution < -0.4 is 10.5 Å². The number of benzene rings is 1. The first-order valence-electron chi connectivity index (χ1n) is 8.58. The molecule has 1 saturated carbocycles. The summed E-state index contributed by atoms with van der Waals surface area (Å²) in [5, 5.41) is 0. The molecule has 4 nitrogen and oxygen atoms in total. The number of carbonyl (C=O) groups excluding carboxylic acids is 1.